The van der Waals surface area contributed by atoms with Gasteiger partial charge in [-0.05, 0) is 19.4 Å². The first-order valence-electron chi connectivity index (χ1n) is 6.98. The zero-order chi connectivity index (χ0) is 13.7. The van der Waals surface area contributed by atoms with Gasteiger partial charge in [-0.3, -0.25) is 9.59 Å². The molecule has 2 saturated heterocycles. The minimum absolute atomic E-state index is 0. The Bertz CT molecular complexity index is 327. The van der Waals surface area contributed by atoms with E-state index in [9.17, 15) is 9.59 Å². The second-order valence-corrected chi connectivity index (χ2v) is 5.18. The van der Waals surface area contributed by atoms with Gasteiger partial charge in [0.15, 0.2) is 0 Å². The highest BCUT2D eigenvalue weighted by molar-refractivity contribution is 5.85. The number of hydrogen-bond donors (Lipinski definition) is 1. The first kappa shape index (κ1) is 17.2. The molecule has 0 bridgehead atoms. The van der Waals surface area contributed by atoms with E-state index < -0.39 is 0 Å². The molecule has 0 radical (unpaired) electrons. The molecular formula is C13H24ClN3O3. The monoisotopic (exact) mass is 305 g/mol. The van der Waals surface area contributed by atoms with E-state index in [0.717, 1.165) is 25.9 Å². The van der Waals surface area contributed by atoms with Crippen molar-refractivity contribution in [2.24, 2.45) is 5.92 Å². The summed E-state index contributed by atoms with van der Waals surface area (Å²) < 4.78 is 4.85. The molecular weight excluding hydrogens is 282 g/mol. The maximum atomic E-state index is 12.3. The largest absolute Gasteiger partial charge is 0.375 e. The van der Waals surface area contributed by atoms with Crippen LogP contribution in [0, 0.1) is 5.92 Å². The molecule has 0 unspecified atom stereocenters. The predicted molar refractivity (Wildman–Crippen MR) is 77.9 cm³/mol. The number of amides is 2. The lowest BCUT2D eigenvalue weighted by molar-refractivity contribution is -0.144. The van der Waals surface area contributed by atoms with Crippen LogP contribution in [0.2, 0.25) is 0 Å². The number of nitrogens with zero attached hydrogens (tertiary/aromatic N) is 2. The number of piperidine rings is 1. The summed E-state index contributed by atoms with van der Waals surface area (Å²) in [6.07, 6.45) is 2.05. The van der Waals surface area contributed by atoms with Crippen LogP contribution < -0.4 is 5.32 Å². The highest BCUT2D eigenvalue weighted by Gasteiger charge is 2.29. The molecule has 2 amide bonds. The predicted octanol–water partition coefficient (Wildman–Crippen LogP) is -0.275. The minimum atomic E-state index is 0. The van der Waals surface area contributed by atoms with Crippen LogP contribution in [0.5, 0.6) is 0 Å². The highest BCUT2D eigenvalue weighted by atomic mass is 35.5. The molecule has 7 heteroatoms. The van der Waals surface area contributed by atoms with Crippen molar-refractivity contribution in [3.05, 3.63) is 0 Å². The van der Waals surface area contributed by atoms with Gasteiger partial charge in [0.2, 0.25) is 11.8 Å². The van der Waals surface area contributed by atoms with Crippen molar-refractivity contribution in [3.63, 3.8) is 0 Å². The minimum Gasteiger partial charge on any atom is -0.375 e. The van der Waals surface area contributed by atoms with E-state index in [2.05, 4.69) is 5.32 Å². The molecule has 0 spiro atoms. The van der Waals surface area contributed by atoms with Gasteiger partial charge in [0, 0.05) is 39.8 Å². The van der Waals surface area contributed by atoms with Gasteiger partial charge in [-0.1, -0.05) is 0 Å². The van der Waals surface area contributed by atoms with Gasteiger partial charge in [0.05, 0.1) is 5.92 Å². The number of halogens is 1. The third-order valence-corrected chi connectivity index (χ3v) is 3.86. The third kappa shape index (κ3) is 4.33. The lowest BCUT2D eigenvalue weighted by Gasteiger charge is -2.37. The van der Waals surface area contributed by atoms with E-state index in [-0.39, 0.29) is 36.7 Å². The lowest BCUT2D eigenvalue weighted by atomic mass is 9.98. The molecule has 2 aliphatic rings. The number of hydrogen-bond acceptors (Lipinski definition) is 4. The van der Waals surface area contributed by atoms with Crippen molar-refractivity contribution in [1.29, 1.82) is 0 Å². The smallest absolute Gasteiger partial charge is 0.248 e. The normalized spacial score (nSPS) is 23.1. The standard InChI is InChI=1S/C13H23N3O3.ClH/c1-19-10-12(17)15-5-7-16(8-6-15)13(18)11-3-2-4-14-9-11;/h11,14H,2-10H2,1H3;1H/t11-;/m1./s1. The van der Waals surface area contributed by atoms with Crippen molar-refractivity contribution in [2.45, 2.75) is 12.8 Å². The molecule has 0 saturated carbocycles. The summed E-state index contributed by atoms with van der Waals surface area (Å²) in [5.74, 6) is 0.370. The van der Waals surface area contributed by atoms with E-state index in [4.69, 9.17) is 4.74 Å². The summed E-state index contributed by atoms with van der Waals surface area (Å²) in [5, 5.41) is 3.27. The van der Waals surface area contributed by atoms with Crippen LogP contribution >= 0.6 is 12.4 Å². The molecule has 1 N–H and O–H groups in total. The Kier molecular flexibility index (Phi) is 7.26. The second-order valence-electron chi connectivity index (χ2n) is 5.18. The fourth-order valence-corrected chi connectivity index (χ4v) is 2.71. The Hall–Kier alpha value is -0.850. The van der Waals surface area contributed by atoms with E-state index >= 15 is 0 Å². The summed E-state index contributed by atoms with van der Waals surface area (Å²) in [6.45, 7) is 4.46. The van der Waals surface area contributed by atoms with Crippen LogP contribution in [-0.4, -0.2) is 74.6 Å². The Balaban J connectivity index is 0.00000200. The summed E-state index contributed by atoms with van der Waals surface area (Å²) in [6, 6.07) is 0. The van der Waals surface area contributed by atoms with Crippen molar-refractivity contribution in [2.75, 3.05) is 53.0 Å². The first-order chi connectivity index (χ1) is 9.22. The van der Waals surface area contributed by atoms with Gasteiger partial charge >= 0.3 is 0 Å². The van der Waals surface area contributed by atoms with Gasteiger partial charge in [0.25, 0.3) is 0 Å². The van der Waals surface area contributed by atoms with Crippen LogP contribution in [0.25, 0.3) is 0 Å². The van der Waals surface area contributed by atoms with Crippen molar-refractivity contribution < 1.29 is 14.3 Å². The number of rotatable bonds is 3. The molecule has 0 aromatic carbocycles. The van der Waals surface area contributed by atoms with Crippen LogP contribution in [0.1, 0.15) is 12.8 Å². The van der Waals surface area contributed by atoms with E-state index in [1.807, 2.05) is 4.90 Å². The Morgan fingerprint density at radius 3 is 2.40 bits per heavy atom. The number of methoxy groups -OCH3 is 1. The summed E-state index contributed by atoms with van der Waals surface area (Å²) in [4.78, 5) is 27.6. The quantitative estimate of drug-likeness (QED) is 0.779. The van der Waals surface area contributed by atoms with Gasteiger partial charge in [-0.15, -0.1) is 12.4 Å². The Morgan fingerprint density at radius 1 is 1.20 bits per heavy atom. The number of ether oxygens (including phenoxy) is 1. The van der Waals surface area contributed by atoms with Crippen molar-refractivity contribution in [1.82, 2.24) is 15.1 Å². The molecule has 0 aromatic rings. The van der Waals surface area contributed by atoms with Crippen molar-refractivity contribution >= 4 is 24.2 Å². The lowest BCUT2D eigenvalue weighted by Crippen LogP contribution is -2.53. The molecule has 2 rings (SSSR count). The SMILES string of the molecule is COCC(=O)N1CCN(C(=O)[C@@H]2CCCNC2)CC1.Cl. The zero-order valence-corrected chi connectivity index (χ0v) is 12.8. The first-order valence-corrected chi connectivity index (χ1v) is 6.98. The second kappa shape index (κ2) is 8.44. The molecule has 20 heavy (non-hydrogen) atoms. The van der Waals surface area contributed by atoms with Crippen LogP contribution in [0.3, 0.4) is 0 Å². The maximum absolute atomic E-state index is 12.3. The molecule has 0 aliphatic carbocycles. The average molecular weight is 306 g/mol. The number of piperazine rings is 1. The summed E-state index contributed by atoms with van der Waals surface area (Å²) in [5.41, 5.74) is 0. The van der Waals surface area contributed by atoms with E-state index in [1.54, 1.807) is 4.90 Å². The Labute approximate surface area is 126 Å². The summed E-state index contributed by atoms with van der Waals surface area (Å²) >= 11 is 0. The van der Waals surface area contributed by atoms with E-state index in [1.165, 1.54) is 7.11 Å². The number of carbonyl (C=O) groups is 2. The highest BCUT2D eigenvalue weighted by Crippen LogP contribution is 2.15. The molecule has 0 aromatic heterocycles. The fraction of sp³-hybridized carbons (Fsp3) is 0.846. The van der Waals surface area contributed by atoms with Gasteiger partial charge < -0.3 is 19.9 Å². The molecule has 2 aliphatic heterocycles. The van der Waals surface area contributed by atoms with Crippen LogP contribution in [-0.2, 0) is 14.3 Å². The van der Waals surface area contributed by atoms with Crippen molar-refractivity contribution in [3.8, 4) is 0 Å². The fourth-order valence-electron chi connectivity index (χ4n) is 2.71. The van der Waals surface area contributed by atoms with Crippen LogP contribution in [0.4, 0.5) is 0 Å². The number of nitrogens with one attached hydrogen (secondary N) is 1. The van der Waals surface area contributed by atoms with E-state index in [0.29, 0.717) is 26.2 Å². The van der Waals surface area contributed by atoms with Crippen LogP contribution in [0.15, 0.2) is 0 Å². The molecule has 1 atom stereocenters. The average Bonchev–Trinajstić information content (AvgIpc) is 2.48. The number of carbonyl (C=O) groups excluding carboxylic acids is 2. The maximum Gasteiger partial charge on any atom is 0.248 e. The molecule has 116 valence electrons. The third-order valence-electron chi connectivity index (χ3n) is 3.86. The Morgan fingerprint density at radius 2 is 1.85 bits per heavy atom. The summed E-state index contributed by atoms with van der Waals surface area (Å²) in [7, 11) is 1.52. The van der Waals surface area contributed by atoms with Gasteiger partial charge in [-0.25, -0.2) is 0 Å². The molecule has 6 nitrogen and oxygen atoms in total. The van der Waals surface area contributed by atoms with Gasteiger partial charge in [0.1, 0.15) is 6.61 Å². The molecule has 2 fully saturated rings. The zero-order valence-electron chi connectivity index (χ0n) is 12.0. The topological polar surface area (TPSA) is 61.9 Å². The van der Waals surface area contributed by atoms with Gasteiger partial charge in [-0.2, -0.15) is 0 Å². The molecule has 2 heterocycles.